The average Bonchev–Trinajstić information content (AvgIpc) is 3.15. The van der Waals surface area contributed by atoms with Gasteiger partial charge in [-0.3, -0.25) is 9.59 Å². The lowest BCUT2D eigenvalue weighted by atomic mass is 10.1. The van der Waals surface area contributed by atoms with Crippen molar-refractivity contribution in [3.63, 3.8) is 0 Å². The maximum Gasteiger partial charge on any atom is 0.267 e. The maximum atomic E-state index is 12.8. The number of amides is 2. The van der Waals surface area contributed by atoms with E-state index in [1.807, 2.05) is 6.07 Å². The number of nitrogens with zero attached hydrogens (tertiary/aromatic N) is 4. The van der Waals surface area contributed by atoms with Crippen LogP contribution in [0.25, 0.3) is 5.52 Å². The van der Waals surface area contributed by atoms with E-state index in [0.717, 1.165) is 4.90 Å². The first-order chi connectivity index (χ1) is 13.7. The van der Waals surface area contributed by atoms with Crippen LogP contribution in [0.15, 0.2) is 36.5 Å². The van der Waals surface area contributed by atoms with E-state index in [1.54, 1.807) is 38.1 Å². The van der Waals surface area contributed by atoms with E-state index in [1.165, 1.54) is 16.8 Å². The summed E-state index contributed by atoms with van der Waals surface area (Å²) in [6.07, 6.45) is 1.47. The second kappa shape index (κ2) is 6.58. The summed E-state index contributed by atoms with van der Waals surface area (Å²) in [6, 6.07) is 9.88. The molecule has 4 rings (SSSR count). The highest BCUT2D eigenvalue weighted by molar-refractivity contribution is 6.36. The molecule has 1 aliphatic heterocycles. The molecule has 8 nitrogen and oxygen atoms in total. The lowest BCUT2D eigenvalue weighted by molar-refractivity contribution is 0.0283. The summed E-state index contributed by atoms with van der Waals surface area (Å²) in [5, 5.41) is 23.9. The minimum Gasteiger partial charge on any atom is -0.489 e. The second-order valence-electron chi connectivity index (χ2n) is 7.22. The Kier molecular flexibility index (Phi) is 4.30. The Bertz CT molecular complexity index is 1180. The molecule has 2 amide bonds. The number of pyridine rings is 1. The molecule has 29 heavy (non-hydrogen) atoms. The number of fused-ring (bicyclic) bond motifs is 2. The molecule has 0 bridgehead atoms. The second-order valence-corrected chi connectivity index (χ2v) is 7.63. The fourth-order valence-corrected chi connectivity index (χ4v) is 3.36. The van der Waals surface area contributed by atoms with E-state index in [0.29, 0.717) is 5.75 Å². The van der Waals surface area contributed by atoms with Crippen molar-refractivity contribution in [2.75, 3.05) is 11.5 Å². The van der Waals surface area contributed by atoms with Gasteiger partial charge >= 0.3 is 0 Å². The first-order valence-corrected chi connectivity index (χ1v) is 9.04. The van der Waals surface area contributed by atoms with Gasteiger partial charge in [-0.05, 0) is 26.0 Å². The molecule has 3 heterocycles. The third kappa shape index (κ3) is 3.10. The standard InChI is InChI=1S/C20H15ClN4O4/c1-20(2,28)10-29-11-7-15(21)16-14(8-22)17(23-24(16)9-11)25-18(26)12-5-3-4-6-13(12)19(25)27/h3-7,9,28H,10H2,1-2H3. The summed E-state index contributed by atoms with van der Waals surface area (Å²) in [7, 11) is 0. The monoisotopic (exact) mass is 410 g/mol. The van der Waals surface area contributed by atoms with Gasteiger partial charge in [0.2, 0.25) is 0 Å². The number of imide groups is 1. The van der Waals surface area contributed by atoms with Crippen LogP contribution < -0.4 is 9.64 Å². The van der Waals surface area contributed by atoms with Gasteiger partial charge in [0.05, 0.1) is 27.9 Å². The zero-order valence-electron chi connectivity index (χ0n) is 15.5. The van der Waals surface area contributed by atoms with Crippen molar-refractivity contribution in [3.05, 3.63) is 58.2 Å². The number of nitriles is 1. The van der Waals surface area contributed by atoms with Crippen LogP contribution >= 0.6 is 11.6 Å². The van der Waals surface area contributed by atoms with Crippen LogP contribution in [0.3, 0.4) is 0 Å². The number of hydrogen-bond donors (Lipinski definition) is 1. The van der Waals surface area contributed by atoms with Gasteiger partial charge in [0.25, 0.3) is 11.8 Å². The maximum absolute atomic E-state index is 12.8. The van der Waals surface area contributed by atoms with E-state index >= 15 is 0 Å². The van der Waals surface area contributed by atoms with Crippen molar-refractivity contribution < 1.29 is 19.4 Å². The molecule has 0 unspecified atom stereocenters. The number of aliphatic hydroxyl groups is 1. The minimum atomic E-state index is -1.06. The quantitative estimate of drug-likeness (QED) is 0.662. The Balaban J connectivity index is 1.82. The number of benzene rings is 1. The smallest absolute Gasteiger partial charge is 0.267 e. The van der Waals surface area contributed by atoms with E-state index in [-0.39, 0.29) is 39.7 Å². The summed E-state index contributed by atoms with van der Waals surface area (Å²) in [6.45, 7) is 3.19. The summed E-state index contributed by atoms with van der Waals surface area (Å²) < 4.78 is 6.83. The zero-order valence-corrected chi connectivity index (χ0v) is 16.3. The Hall–Kier alpha value is -3.41. The Morgan fingerprint density at radius 2 is 1.86 bits per heavy atom. The van der Waals surface area contributed by atoms with Gasteiger partial charge in [-0.15, -0.1) is 5.10 Å². The molecule has 9 heteroatoms. The van der Waals surface area contributed by atoms with Gasteiger partial charge in [-0.1, -0.05) is 23.7 Å². The fraction of sp³-hybridized carbons (Fsp3) is 0.200. The number of ether oxygens (including phenoxy) is 1. The largest absolute Gasteiger partial charge is 0.489 e. The van der Waals surface area contributed by atoms with Gasteiger partial charge in [0, 0.05) is 6.07 Å². The highest BCUT2D eigenvalue weighted by Gasteiger charge is 2.39. The molecule has 3 aromatic rings. The van der Waals surface area contributed by atoms with Crippen LogP contribution in [0.1, 0.15) is 40.1 Å². The molecule has 0 saturated heterocycles. The van der Waals surface area contributed by atoms with Crippen LogP contribution in [-0.2, 0) is 0 Å². The topological polar surface area (TPSA) is 108 Å². The first kappa shape index (κ1) is 18.9. The van der Waals surface area contributed by atoms with E-state index in [2.05, 4.69) is 5.10 Å². The van der Waals surface area contributed by atoms with E-state index in [4.69, 9.17) is 16.3 Å². The Morgan fingerprint density at radius 3 is 2.41 bits per heavy atom. The van der Waals surface area contributed by atoms with Crippen molar-refractivity contribution in [3.8, 4) is 11.8 Å². The molecule has 2 aromatic heterocycles. The van der Waals surface area contributed by atoms with Crippen LogP contribution in [0.5, 0.6) is 5.75 Å². The number of rotatable bonds is 4. The number of hydrogen-bond acceptors (Lipinski definition) is 6. The molecule has 0 atom stereocenters. The fourth-order valence-electron chi connectivity index (χ4n) is 3.08. The molecular formula is C20H15ClN4O4. The van der Waals surface area contributed by atoms with Crippen molar-refractivity contribution in [1.29, 1.82) is 5.26 Å². The summed E-state index contributed by atoms with van der Waals surface area (Å²) in [5.74, 6) is -0.897. The van der Waals surface area contributed by atoms with Crippen LogP contribution in [0.2, 0.25) is 5.02 Å². The molecule has 0 radical (unpaired) electrons. The van der Waals surface area contributed by atoms with Gasteiger partial charge in [-0.25, -0.2) is 9.42 Å². The molecule has 146 valence electrons. The number of anilines is 1. The number of halogens is 1. The lowest BCUT2D eigenvalue weighted by Gasteiger charge is -2.17. The number of carbonyl (C=O) groups excluding carboxylic acids is 2. The highest BCUT2D eigenvalue weighted by atomic mass is 35.5. The third-order valence-electron chi connectivity index (χ3n) is 4.35. The number of carbonyl (C=O) groups is 2. The lowest BCUT2D eigenvalue weighted by Crippen LogP contribution is -2.30. The zero-order chi connectivity index (χ0) is 20.9. The summed E-state index contributed by atoms with van der Waals surface area (Å²) in [4.78, 5) is 26.4. The van der Waals surface area contributed by atoms with Gasteiger partial charge in [0.1, 0.15) is 29.5 Å². The predicted octanol–water partition coefficient (Wildman–Crippen LogP) is 2.81. The molecule has 1 N–H and O–H groups in total. The van der Waals surface area contributed by atoms with Crippen molar-refractivity contribution in [1.82, 2.24) is 9.61 Å². The van der Waals surface area contributed by atoms with Crippen molar-refractivity contribution >= 4 is 34.7 Å². The van der Waals surface area contributed by atoms with E-state index < -0.39 is 17.4 Å². The van der Waals surface area contributed by atoms with Crippen molar-refractivity contribution in [2.45, 2.75) is 19.4 Å². The molecule has 0 spiro atoms. The van der Waals surface area contributed by atoms with E-state index in [9.17, 15) is 20.0 Å². The normalized spacial score (nSPS) is 13.7. The molecule has 0 fully saturated rings. The Morgan fingerprint density at radius 1 is 1.24 bits per heavy atom. The SMILES string of the molecule is CC(C)(O)COc1cc(Cl)c2c(C#N)c(N3C(=O)c4ccccc4C3=O)nn2c1. The molecule has 0 aliphatic carbocycles. The highest BCUT2D eigenvalue weighted by Crippen LogP contribution is 2.35. The molecule has 0 saturated carbocycles. The molecule has 1 aliphatic rings. The first-order valence-electron chi connectivity index (χ1n) is 8.66. The summed E-state index contributed by atoms with van der Waals surface area (Å²) >= 11 is 6.34. The molecular weight excluding hydrogens is 396 g/mol. The number of aromatic nitrogens is 2. The minimum absolute atomic E-state index is 0.00135. The predicted molar refractivity (Wildman–Crippen MR) is 104 cm³/mol. The average molecular weight is 411 g/mol. The molecule has 1 aromatic carbocycles. The van der Waals surface area contributed by atoms with Crippen molar-refractivity contribution in [2.24, 2.45) is 0 Å². The van der Waals surface area contributed by atoms with Gasteiger partial charge in [0.15, 0.2) is 5.82 Å². The van der Waals surface area contributed by atoms with Gasteiger partial charge in [-0.2, -0.15) is 5.26 Å². The van der Waals surface area contributed by atoms with Crippen LogP contribution in [0, 0.1) is 11.3 Å². The summed E-state index contributed by atoms with van der Waals surface area (Å²) in [5.41, 5.74) is -0.318. The van der Waals surface area contributed by atoms with Crippen LogP contribution in [0.4, 0.5) is 5.82 Å². The third-order valence-corrected chi connectivity index (χ3v) is 4.63. The Labute approximate surface area is 170 Å². The van der Waals surface area contributed by atoms with Gasteiger partial charge < -0.3 is 9.84 Å². The van der Waals surface area contributed by atoms with Crippen LogP contribution in [-0.4, -0.2) is 38.7 Å².